The molecular formula is C9H18. The van der Waals surface area contributed by atoms with E-state index in [2.05, 4.69) is 40.7 Å². The van der Waals surface area contributed by atoms with Crippen LogP contribution in [0.2, 0.25) is 0 Å². The first kappa shape index (κ1) is 8.74. The third-order valence-corrected chi connectivity index (χ3v) is 2.17. The van der Waals surface area contributed by atoms with Crippen molar-refractivity contribution in [3.05, 3.63) is 11.6 Å². The minimum absolute atomic E-state index is 0.745. The van der Waals surface area contributed by atoms with Crippen LogP contribution >= 0.6 is 0 Å². The smallest absolute Gasteiger partial charge is 0.0211 e. The summed E-state index contributed by atoms with van der Waals surface area (Å²) < 4.78 is 0. The molecule has 0 rings (SSSR count). The van der Waals surface area contributed by atoms with Gasteiger partial charge in [0.05, 0.1) is 0 Å². The van der Waals surface area contributed by atoms with Gasteiger partial charge in [0, 0.05) is 0 Å². The molecule has 0 nitrogen and oxygen atoms in total. The summed E-state index contributed by atoms with van der Waals surface area (Å²) in [4.78, 5) is 0. The van der Waals surface area contributed by atoms with Gasteiger partial charge >= 0.3 is 0 Å². The van der Waals surface area contributed by atoms with Gasteiger partial charge < -0.3 is 0 Å². The van der Waals surface area contributed by atoms with Gasteiger partial charge in [-0.15, -0.1) is 0 Å². The Morgan fingerprint density at radius 3 is 1.78 bits per heavy atom. The fourth-order valence-corrected chi connectivity index (χ4v) is 0.789. The van der Waals surface area contributed by atoms with E-state index in [9.17, 15) is 0 Å². The highest BCUT2D eigenvalue weighted by Crippen LogP contribution is 2.18. The quantitative estimate of drug-likeness (QED) is 0.498. The van der Waals surface area contributed by atoms with Crippen molar-refractivity contribution in [2.45, 2.75) is 34.6 Å². The summed E-state index contributed by atoms with van der Waals surface area (Å²) in [5.41, 5.74) is 1.50. The summed E-state index contributed by atoms with van der Waals surface area (Å²) in [6.07, 6.45) is 2.20. The van der Waals surface area contributed by atoms with Crippen LogP contribution in [0.15, 0.2) is 11.6 Å². The fraction of sp³-hybridized carbons (Fsp3) is 0.778. The Bertz CT molecular complexity index is 98.6. The summed E-state index contributed by atoms with van der Waals surface area (Å²) >= 11 is 0. The molecule has 0 amide bonds. The molecule has 0 aromatic heterocycles. The van der Waals surface area contributed by atoms with Crippen molar-refractivity contribution in [2.75, 3.05) is 0 Å². The van der Waals surface area contributed by atoms with Crippen molar-refractivity contribution < 1.29 is 0 Å². The molecule has 0 heterocycles. The summed E-state index contributed by atoms with van der Waals surface area (Å²) in [6.45, 7) is 11.1. The molecule has 0 bridgehead atoms. The molecule has 0 aromatic rings. The maximum absolute atomic E-state index is 2.28. The second kappa shape index (κ2) is 3.71. The van der Waals surface area contributed by atoms with Crippen molar-refractivity contribution in [3.63, 3.8) is 0 Å². The summed E-state index contributed by atoms with van der Waals surface area (Å²) in [7, 11) is 0. The Labute approximate surface area is 59.0 Å². The van der Waals surface area contributed by atoms with E-state index in [0.29, 0.717) is 0 Å². The lowest BCUT2D eigenvalue weighted by Gasteiger charge is -2.15. The summed E-state index contributed by atoms with van der Waals surface area (Å²) in [5, 5.41) is 0. The second-order valence-electron chi connectivity index (χ2n) is 3.07. The molecule has 0 radical (unpaired) electrons. The van der Waals surface area contributed by atoms with Gasteiger partial charge in [-0.2, -0.15) is 0 Å². The zero-order valence-electron chi connectivity index (χ0n) is 7.23. The first-order valence-electron chi connectivity index (χ1n) is 3.72. The fourth-order valence-electron chi connectivity index (χ4n) is 0.789. The van der Waals surface area contributed by atoms with E-state index in [-0.39, 0.29) is 0 Å². The SMILES string of the molecule is CC=C(C)C(C)C(C)C. The van der Waals surface area contributed by atoms with Crippen LogP contribution in [-0.4, -0.2) is 0 Å². The van der Waals surface area contributed by atoms with E-state index in [4.69, 9.17) is 0 Å². The molecule has 0 aliphatic heterocycles. The molecule has 0 aromatic carbocycles. The molecule has 9 heavy (non-hydrogen) atoms. The third-order valence-electron chi connectivity index (χ3n) is 2.17. The number of rotatable bonds is 2. The van der Waals surface area contributed by atoms with Gasteiger partial charge in [0.15, 0.2) is 0 Å². The van der Waals surface area contributed by atoms with Crippen molar-refractivity contribution in [3.8, 4) is 0 Å². The lowest BCUT2D eigenvalue weighted by Crippen LogP contribution is -2.04. The average Bonchev–Trinajstić information content (AvgIpc) is 1.84. The van der Waals surface area contributed by atoms with Gasteiger partial charge in [-0.3, -0.25) is 0 Å². The molecule has 0 spiro atoms. The van der Waals surface area contributed by atoms with Crippen LogP contribution in [0, 0.1) is 11.8 Å². The van der Waals surface area contributed by atoms with Gasteiger partial charge in [-0.1, -0.05) is 32.4 Å². The lowest BCUT2D eigenvalue weighted by atomic mass is 9.91. The standard InChI is InChI=1S/C9H18/c1-6-8(4)9(5)7(2)3/h6-7,9H,1-5H3. The molecule has 1 atom stereocenters. The van der Waals surface area contributed by atoms with Crippen LogP contribution in [-0.2, 0) is 0 Å². The number of hydrogen-bond donors (Lipinski definition) is 0. The highest BCUT2D eigenvalue weighted by atomic mass is 14.1. The molecule has 0 aliphatic carbocycles. The topological polar surface area (TPSA) is 0 Å². The second-order valence-corrected chi connectivity index (χ2v) is 3.07. The minimum atomic E-state index is 0.745. The predicted octanol–water partition coefficient (Wildman–Crippen LogP) is 3.24. The Kier molecular flexibility index (Phi) is 3.60. The first-order valence-corrected chi connectivity index (χ1v) is 3.72. The zero-order chi connectivity index (χ0) is 7.44. The maximum atomic E-state index is 2.28. The third kappa shape index (κ3) is 2.69. The number of hydrogen-bond acceptors (Lipinski definition) is 0. The molecule has 54 valence electrons. The van der Waals surface area contributed by atoms with E-state index in [1.807, 2.05) is 0 Å². The van der Waals surface area contributed by atoms with Crippen molar-refractivity contribution in [2.24, 2.45) is 11.8 Å². The largest absolute Gasteiger partial charge is 0.0885 e. The number of allylic oxidation sites excluding steroid dienone is 2. The van der Waals surface area contributed by atoms with Crippen LogP contribution in [0.25, 0.3) is 0 Å². The predicted molar refractivity (Wildman–Crippen MR) is 43.4 cm³/mol. The molecule has 0 aliphatic rings. The first-order chi connectivity index (χ1) is 4.09. The summed E-state index contributed by atoms with van der Waals surface area (Å²) in [5.74, 6) is 1.52. The van der Waals surface area contributed by atoms with Gasteiger partial charge in [0.25, 0.3) is 0 Å². The van der Waals surface area contributed by atoms with Crippen LogP contribution in [0.4, 0.5) is 0 Å². The van der Waals surface area contributed by atoms with Crippen LogP contribution in [0.1, 0.15) is 34.6 Å². The molecule has 1 unspecified atom stereocenters. The van der Waals surface area contributed by atoms with Gasteiger partial charge in [-0.25, -0.2) is 0 Å². The van der Waals surface area contributed by atoms with Crippen LogP contribution in [0.5, 0.6) is 0 Å². The van der Waals surface area contributed by atoms with Crippen molar-refractivity contribution in [1.29, 1.82) is 0 Å². The van der Waals surface area contributed by atoms with Crippen LogP contribution in [0.3, 0.4) is 0 Å². The normalized spacial score (nSPS) is 16.4. The van der Waals surface area contributed by atoms with Crippen molar-refractivity contribution in [1.82, 2.24) is 0 Å². The molecule has 0 saturated carbocycles. The Hall–Kier alpha value is -0.260. The molecule has 0 N–H and O–H groups in total. The van der Waals surface area contributed by atoms with E-state index in [1.165, 1.54) is 5.57 Å². The summed E-state index contributed by atoms with van der Waals surface area (Å²) in [6, 6.07) is 0. The van der Waals surface area contributed by atoms with Crippen LogP contribution < -0.4 is 0 Å². The minimum Gasteiger partial charge on any atom is -0.0885 e. The van der Waals surface area contributed by atoms with Crippen molar-refractivity contribution >= 4 is 0 Å². The molecular weight excluding hydrogens is 108 g/mol. The van der Waals surface area contributed by atoms with E-state index in [1.54, 1.807) is 0 Å². The zero-order valence-corrected chi connectivity index (χ0v) is 7.23. The maximum Gasteiger partial charge on any atom is -0.0211 e. The highest BCUT2D eigenvalue weighted by Gasteiger charge is 2.06. The monoisotopic (exact) mass is 126 g/mol. The highest BCUT2D eigenvalue weighted by molar-refractivity contribution is 5.00. The Morgan fingerprint density at radius 1 is 1.22 bits per heavy atom. The molecule has 0 heteroatoms. The average molecular weight is 126 g/mol. The van der Waals surface area contributed by atoms with E-state index >= 15 is 0 Å². The molecule has 0 saturated heterocycles. The van der Waals surface area contributed by atoms with Gasteiger partial charge in [-0.05, 0) is 25.7 Å². The Morgan fingerprint density at radius 2 is 1.67 bits per heavy atom. The van der Waals surface area contributed by atoms with Gasteiger partial charge in [0.2, 0.25) is 0 Å². The Balaban J connectivity index is 3.88. The van der Waals surface area contributed by atoms with E-state index in [0.717, 1.165) is 11.8 Å². The lowest BCUT2D eigenvalue weighted by molar-refractivity contribution is 0.479. The van der Waals surface area contributed by atoms with Gasteiger partial charge in [0.1, 0.15) is 0 Å². The molecule has 0 fully saturated rings. The van der Waals surface area contributed by atoms with E-state index < -0.39 is 0 Å².